The maximum atomic E-state index is 13.2. The summed E-state index contributed by atoms with van der Waals surface area (Å²) >= 11 is 0. The Kier molecular flexibility index (Phi) is 5.45. The molecule has 3 aromatic carbocycles. The van der Waals surface area contributed by atoms with Gasteiger partial charge in [0.05, 0.1) is 30.7 Å². The molecule has 4 rings (SSSR count). The number of hydrogen-bond donors (Lipinski definition) is 0. The highest BCUT2D eigenvalue weighted by atomic mass is 16.5. The van der Waals surface area contributed by atoms with Gasteiger partial charge < -0.3 is 18.6 Å². The third-order valence-electron chi connectivity index (χ3n) is 4.93. The first-order valence-electron chi connectivity index (χ1n) is 9.59. The van der Waals surface area contributed by atoms with E-state index in [1.54, 1.807) is 56.5 Å². The number of para-hydroxylation sites is 1. The normalized spacial score (nSPS) is 10.7. The van der Waals surface area contributed by atoms with Gasteiger partial charge in [0.25, 0.3) is 0 Å². The van der Waals surface area contributed by atoms with Gasteiger partial charge in [-0.2, -0.15) is 0 Å². The average molecular weight is 416 g/mol. The molecule has 6 nitrogen and oxygen atoms in total. The second-order valence-corrected chi connectivity index (χ2v) is 6.84. The van der Waals surface area contributed by atoms with Crippen LogP contribution in [0.25, 0.3) is 22.1 Å². The molecule has 31 heavy (non-hydrogen) atoms. The molecular weight excluding hydrogens is 396 g/mol. The molecule has 0 saturated carbocycles. The minimum Gasteiger partial charge on any atom is -0.497 e. The molecule has 0 saturated heterocycles. The highest BCUT2D eigenvalue weighted by Gasteiger charge is 2.18. The van der Waals surface area contributed by atoms with E-state index in [0.717, 1.165) is 0 Å². The van der Waals surface area contributed by atoms with Gasteiger partial charge in [0.1, 0.15) is 28.6 Å². The van der Waals surface area contributed by atoms with Gasteiger partial charge in [0.2, 0.25) is 5.43 Å². The van der Waals surface area contributed by atoms with Crippen molar-refractivity contribution >= 4 is 16.9 Å². The van der Waals surface area contributed by atoms with Crippen LogP contribution in [0.3, 0.4) is 0 Å². The monoisotopic (exact) mass is 416 g/mol. The topological polar surface area (TPSA) is 75.0 Å². The van der Waals surface area contributed by atoms with Crippen molar-refractivity contribution in [2.75, 3.05) is 14.2 Å². The molecule has 1 heterocycles. The molecule has 0 atom stereocenters. The quantitative estimate of drug-likeness (QED) is 0.336. The van der Waals surface area contributed by atoms with Gasteiger partial charge in [-0.15, -0.1) is 0 Å². The van der Waals surface area contributed by atoms with E-state index in [1.807, 2.05) is 18.2 Å². The van der Waals surface area contributed by atoms with Crippen molar-refractivity contribution in [1.82, 2.24) is 0 Å². The molecule has 0 aliphatic rings. The molecule has 0 aliphatic heterocycles. The first-order valence-corrected chi connectivity index (χ1v) is 9.59. The Morgan fingerprint density at radius 1 is 0.871 bits per heavy atom. The van der Waals surface area contributed by atoms with Crippen LogP contribution in [0.15, 0.2) is 75.9 Å². The number of hydrogen-bond acceptors (Lipinski definition) is 6. The summed E-state index contributed by atoms with van der Waals surface area (Å²) in [5.74, 6) is 1.31. The van der Waals surface area contributed by atoms with Gasteiger partial charge in [-0.3, -0.25) is 4.79 Å². The summed E-state index contributed by atoms with van der Waals surface area (Å²) in [4.78, 5) is 25.7. The van der Waals surface area contributed by atoms with Gasteiger partial charge in [-0.1, -0.05) is 24.3 Å². The second-order valence-electron chi connectivity index (χ2n) is 6.84. The maximum absolute atomic E-state index is 13.2. The minimum atomic E-state index is -0.539. The van der Waals surface area contributed by atoms with Crippen LogP contribution in [0.4, 0.5) is 0 Å². The Balaban J connectivity index is 1.72. The number of fused-ring (bicyclic) bond motifs is 1. The maximum Gasteiger partial charge on any atom is 0.343 e. The molecule has 0 aliphatic carbocycles. The van der Waals surface area contributed by atoms with E-state index in [0.29, 0.717) is 44.9 Å². The van der Waals surface area contributed by atoms with Gasteiger partial charge in [0, 0.05) is 11.6 Å². The fraction of sp³-hybridized carbons (Fsp3) is 0.120. The van der Waals surface area contributed by atoms with Crippen LogP contribution in [-0.4, -0.2) is 20.2 Å². The summed E-state index contributed by atoms with van der Waals surface area (Å²) in [5.41, 5.74) is 1.59. The van der Waals surface area contributed by atoms with Crippen LogP contribution < -0.4 is 19.6 Å². The number of rotatable bonds is 5. The summed E-state index contributed by atoms with van der Waals surface area (Å²) in [5, 5.41) is 0.382. The number of methoxy groups -OCH3 is 2. The van der Waals surface area contributed by atoms with Gasteiger partial charge in [-0.25, -0.2) is 4.79 Å². The number of ether oxygens (including phenoxy) is 3. The van der Waals surface area contributed by atoms with E-state index in [4.69, 9.17) is 18.6 Å². The number of aryl methyl sites for hydroxylation is 1. The predicted octanol–water partition coefficient (Wildman–Crippen LogP) is 5.00. The fourth-order valence-corrected chi connectivity index (χ4v) is 3.43. The molecule has 0 spiro atoms. The van der Waals surface area contributed by atoms with E-state index >= 15 is 0 Å². The number of benzene rings is 3. The van der Waals surface area contributed by atoms with Crippen LogP contribution in [-0.2, 0) is 0 Å². The number of carbonyl (C=O) groups is 1. The van der Waals surface area contributed by atoms with Crippen molar-refractivity contribution in [2.45, 2.75) is 6.92 Å². The van der Waals surface area contributed by atoms with Gasteiger partial charge in [-0.05, 0) is 43.3 Å². The van der Waals surface area contributed by atoms with Crippen molar-refractivity contribution in [3.8, 4) is 28.4 Å². The molecule has 0 N–H and O–H groups in total. The standard InChI is InChI=1S/C25H20O6/c1-15-23(19-9-4-5-10-21(19)29-3)24(26)20-12-11-18(14-22(20)30-15)31-25(27)16-7-6-8-17(13-16)28-2/h4-14H,1-3H3. The summed E-state index contributed by atoms with van der Waals surface area (Å²) in [6.07, 6.45) is 0. The van der Waals surface area contributed by atoms with Gasteiger partial charge >= 0.3 is 5.97 Å². The lowest BCUT2D eigenvalue weighted by Gasteiger charge is -2.11. The van der Waals surface area contributed by atoms with E-state index in [9.17, 15) is 9.59 Å². The molecule has 156 valence electrons. The summed E-state index contributed by atoms with van der Waals surface area (Å²) in [6, 6.07) is 18.6. The summed E-state index contributed by atoms with van der Waals surface area (Å²) in [7, 11) is 3.08. The third kappa shape index (κ3) is 3.88. The molecule has 0 amide bonds. The predicted molar refractivity (Wildman–Crippen MR) is 117 cm³/mol. The lowest BCUT2D eigenvalue weighted by atomic mass is 10.0. The lowest BCUT2D eigenvalue weighted by molar-refractivity contribution is 0.0734. The zero-order valence-corrected chi connectivity index (χ0v) is 17.3. The van der Waals surface area contributed by atoms with E-state index in [2.05, 4.69) is 0 Å². The number of esters is 1. The summed E-state index contributed by atoms with van der Waals surface area (Å²) in [6.45, 7) is 1.72. The van der Waals surface area contributed by atoms with Crippen LogP contribution >= 0.6 is 0 Å². The molecule has 0 fully saturated rings. The Morgan fingerprint density at radius 2 is 1.68 bits per heavy atom. The fourth-order valence-electron chi connectivity index (χ4n) is 3.43. The van der Waals surface area contributed by atoms with Crippen LogP contribution in [0, 0.1) is 6.92 Å². The average Bonchev–Trinajstić information content (AvgIpc) is 2.79. The van der Waals surface area contributed by atoms with E-state index < -0.39 is 5.97 Å². The Bertz CT molecular complexity index is 1340. The van der Waals surface area contributed by atoms with Crippen molar-refractivity contribution in [3.05, 3.63) is 88.3 Å². The van der Waals surface area contributed by atoms with Crippen molar-refractivity contribution in [3.63, 3.8) is 0 Å². The zero-order chi connectivity index (χ0) is 22.0. The highest BCUT2D eigenvalue weighted by molar-refractivity contribution is 5.92. The molecule has 4 aromatic rings. The SMILES string of the molecule is COc1cccc(C(=O)Oc2ccc3c(=O)c(-c4ccccc4OC)c(C)oc3c2)c1. The Labute approximate surface area is 178 Å². The van der Waals surface area contributed by atoms with Crippen LogP contribution in [0.2, 0.25) is 0 Å². The molecule has 0 bridgehead atoms. The first kappa shape index (κ1) is 20.2. The highest BCUT2D eigenvalue weighted by Crippen LogP contribution is 2.32. The molecule has 0 unspecified atom stereocenters. The van der Waals surface area contributed by atoms with Crippen molar-refractivity contribution < 1.29 is 23.4 Å². The van der Waals surface area contributed by atoms with Crippen LogP contribution in [0.5, 0.6) is 17.2 Å². The van der Waals surface area contributed by atoms with Crippen molar-refractivity contribution in [1.29, 1.82) is 0 Å². The smallest absolute Gasteiger partial charge is 0.343 e. The van der Waals surface area contributed by atoms with E-state index in [1.165, 1.54) is 13.2 Å². The molecular formula is C25H20O6. The zero-order valence-electron chi connectivity index (χ0n) is 17.3. The number of carbonyl (C=O) groups excluding carboxylic acids is 1. The van der Waals surface area contributed by atoms with Gasteiger partial charge in [0.15, 0.2) is 0 Å². The Hall–Kier alpha value is -4.06. The molecule has 6 heteroatoms. The lowest BCUT2D eigenvalue weighted by Crippen LogP contribution is -2.10. The summed E-state index contributed by atoms with van der Waals surface area (Å²) < 4.78 is 21.9. The minimum absolute atomic E-state index is 0.186. The second kappa shape index (κ2) is 8.36. The largest absolute Gasteiger partial charge is 0.497 e. The van der Waals surface area contributed by atoms with E-state index in [-0.39, 0.29) is 11.2 Å². The molecule has 0 radical (unpaired) electrons. The third-order valence-corrected chi connectivity index (χ3v) is 4.93. The Morgan fingerprint density at radius 3 is 2.45 bits per heavy atom. The van der Waals surface area contributed by atoms with Crippen molar-refractivity contribution in [2.24, 2.45) is 0 Å². The van der Waals surface area contributed by atoms with Crippen LogP contribution in [0.1, 0.15) is 16.1 Å². The molecule has 1 aromatic heterocycles. The first-order chi connectivity index (χ1) is 15.0.